The third kappa shape index (κ3) is 3.58. The second kappa shape index (κ2) is 6.66. The van der Waals surface area contributed by atoms with Crippen molar-refractivity contribution >= 4 is 16.1 Å². The summed E-state index contributed by atoms with van der Waals surface area (Å²) in [5.41, 5.74) is 1.64. The second-order valence-electron chi connectivity index (χ2n) is 5.25. The first-order chi connectivity index (χ1) is 10.3. The number of sulfonamides is 1. The standard InChI is InChI=1S/C13H22N4O4S/c1-4-22(19,20)17-7-5-16(6-8-17)13(18)14-9-12-10(2)15-21-11(12)3/h4-9H2,1-3H3,(H,14,18). The van der Waals surface area contributed by atoms with Crippen molar-refractivity contribution in [1.29, 1.82) is 0 Å². The molecule has 0 aromatic carbocycles. The van der Waals surface area contributed by atoms with Gasteiger partial charge in [-0.1, -0.05) is 5.16 Å². The molecule has 1 aromatic rings. The van der Waals surface area contributed by atoms with Crippen molar-refractivity contribution in [3.63, 3.8) is 0 Å². The number of carbonyl (C=O) groups excluding carboxylic acids is 1. The van der Waals surface area contributed by atoms with E-state index in [0.29, 0.717) is 38.5 Å². The van der Waals surface area contributed by atoms with Crippen LogP contribution in [0.1, 0.15) is 23.9 Å². The van der Waals surface area contributed by atoms with Gasteiger partial charge in [-0.25, -0.2) is 13.2 Å². The third-order valence-corrected chi connectivity index (χ3v) is 5.76. The number of carbonyl (C=O) groups is 1. The van der Waals surface area contributed by atoms with Gasteiger partial charge in [-0.3, -0.25) is 0 Å². The molecule has 2 heterocycles. The highest BCUT2D eigenvalue weighted by atomic mass is 32.2. The molecule has 1 aromatic heterocycles. The van der Waals surface area contributed by atoms with Crippen LogP contribution in [-0.4, -0.2) is 60.7 Å². The zero-order chi connectivity index (χ0) is 16.3. The van der Waals surface area contributed by atoms with Gasteiger partial charge in [-0.2, -0.15) is 4.31 Å². The van der Waals surface area contributed by atoms with Crippen LogP contribution >= 0.6 is 0 Å². The summed E-state index contributed by atoms with van der Waals surface area (Å²) in [6, 6.07) is -0.200. The normalized spacial score (nSPS) is 16.8. The average molecular weight is 330 g/mol. The van der Waals surface area contributed by atoms with Crippen molar-refractivity contribution in [2.75, 3.05) is 31.9 Å². The quantitative estimate of drug-likeness (QED) is 0.866. The summed E-state index contributed by atoms with van der Waals surface area (Å²) in [5, 5.41) is 6.66. The lowest BCUT2D eigenvalue weighted by molar-refractivity contribution is 0.172. The number of urea groups is 1. The molecular formula is C13H22N4O4S. The number of aryl methyl sites for hydroxylation is 2. The van der Waals surface area contributed by atoms with Gasteiger partial charge in [0.2, 0.25) is 10.0 Å². The van der Waals surface area contributed by atoms with Crippen LogP contribution in [0.4, 0.5) is 4.79 Å². The number of amides is 2. The van der Waals surface area contributed by atoms with Gasteiger partial charge >= 0.3 is 6.03 Å². The number of hydrogen-bond donors (Lipinski definition) is 1. The Bertz CT molecular complexity index is 613. The van der Waals surface area contributed by atoms with E-state index in [0.717, 1.165) is 11.3 Å². The Morgan fingerprint density at radius 2 is 1.91 bits per heavy atom. The molecule has 9 heteroatoms. The van der Waals surface area contributed by atoms with E-state index in [1.807, 2.05) is 6.92 Å². The van der Waals surface area contributed by atoms with Crippen LogP contribution in [0.3, 0.4) is 0 Å². The highest BCUT2D eigenvalue weighted by molar-refractivity contribution is 7.89. The SMILES string of the molecule is CCS(=O)(=O)N1CCN(C(=O)NCc2c(C)noc2C)CC1. The van der Waals surface area contributed by atoms with Crippen molar-refractivity contribution in [1.82, 2.24) is 19.7 Å². The number of rotatable bonds is 4. The van der Waals surface area contributed by atoms with Gasteiger partial charge < -0.3 is 14.7 Å². The number of nitrogens with zero attached hydrogens (tertiary/aromatic N) is 3. The van der Waals surface area contributed by atoms with E-state index < -0.39 is 10.0 Å². The maximum atomic E-state index is 12.1. The summed E-state index contributed by atoms with van der Waals surface area (Å²) in [7, 11) is -3.18. The van der Waals surface area contributed by atoms with E-state index >= 15 is 0 Å². The molecule has 2 rings (SSSR count). The van der Waals surface area contributed by atoms with Gasteiger partial charge in [0, 0.05) is 38.3 Å². The molecule has 0 saturated carbocycles. The predicted molar refractivity (Wildman–Crippen MR) is 80.8 cm³/mol. The molecule has 2 amide bonds. The van der Waals surface area contributed by atoms with E-state index in [1.54, 1.807) is 18.7 Å². The van der Waals surface area contributed by atoms with E-state index in [9.17, 15) is 13.2 Å². The van der Waals surface area contributed by atoms with E-state index in [2.05, 4.69) is 10.5 Å². The molecule has 0 aliphatic carbocycles. The molecule has 1 saturated heterocycles. The molecule has 1 N–H and O–H groups in total. The van der Waals surface area contributed by atoms with Crippen LogP contribution in [0.15, 0.2) is 4.52 Å². The van der Waals surface area contributed by atoms with Crippen molar-refractivity contribution in [3.8, 4) is 0 Å². The smallest absolute Gasteiger partial charge is 0.317 e. The molecule has 0 bridgehead atoms. The number of nitrogens with one attached hydrogen (secondary N) is 1. The van der Waals surface area contributed by atoms with Crippen LogP contribution in [0, 0.1) is 13.8 Å². The van der Waals surface area contributed by atoms with Crippen molar-refractivity contribution in [2.45, 2.75) is 27.3 Å². The van der Waals surface area contributed by atoms with Gasteiger partial charge in [-0.15, -0.1) is 0 Å². The Kier molecular flexibility index (Phi) is 5.07. The summed E-state index contributed by atoms with van der Waals surface area (Å²) in [4.78, 5) is 13.8. The number of piperazine rings is 1. The monoisotopic (exact) mass is 330 g/mol. The van der Waals surface area contributed by atoms with Crippen LogP contribution in [0.2, 0.25) is 0 Å². The molecule has 1 aliphatic heterocycles. The molecule has 0 radical (unpaired) electrons. The highest BCUT2D eigenvalue weighted by Gasteiger charge is 2.27. The summed E-state index contributed by atoms with van der Waals surface area (Å²) >= 11 is 0. The Morgan fingerprint density at radius 1 is 1.27 bits per heavy atom. The lowest BCUT2D eigenvalue weighted by atomic mass is 10.2. The molecule has 1 fully saturated rings. The average Bonchev–Trinajstić information content (AvgIpc) is 2.83. The lowest BCUT2D eigenvalue weighted by Gasteiger charge is -2.33. The topological polar surface area (TPSA) is 95.8 Å². The van der Waals surface area contributed by atoms with Crippen molar-refractivity contribution < 1.29 is 17.7 Å². The van der Waals surface area contributed by atoms with Crippen LogP contribution in [-0.2, 0) is 16.6 Å². The Labute approximate surface area is 130 Å². The molecule has 0 spiro atoms. The minimum absolute atomic E-state index is 0.0885. The molecule has 124 valence electrons. The fourth-order valence-corrected chi connectivity index (χ4v) is 3.47. The van der Waals surface area contributed by atoms with Crippen LogP contribution < -0.4 is 5.32 Å². The number of aromatic nitrogens is 1. The van der Waals surface area contributed by atoms with Crippen molar-refractivity contribution in [2.24, 2.45) is 0 Å². The van der Waals surface area contributed by atoms with Gasteiger partial charge in [0.05, 0.1) is 11.4 Å². The van der Waals surface area contributed by atoms with Gasteiger partial charge in [0.25, 0.3) is 0 Å². The van der Waals surface area contributed by atoms with Crippen molar-refractivity contribution in [3.05, 3.63) is 17.0 Å². The van der Waals surface area contributed by atoms with Crippen LogP contribution in [0.25, 0.3) is 0 Å². The molecular weight excluding hydrogens is 308 g/mol. The fraction of sp³-hybridized carbons (Fsp3) is 0.692. The maximum absolute atomic E-state index is 12.1. The zero-order valence-corrected chi connectivity index (χ0v) is 13.9. The summed E-state index contributed by atoms with van der Waals surface area (Å²) in [5.74, 6) is 0.780. The third-order valence-electron chi connectivity index (χ3n) is 3.88. The molecule has 1 aliphatic rings. The van der Waals surface area contributed by atoms with Gasteiger partial charge in [-0.05, 0) is 20.8 Å². The van der Waals surface area contributed by atoms with Crippen LogP contribution in [0.5, 0.6) is 0 Å². The first-order valence-electron chi connectivity index (χ1n) is 7.27. The Hall–Kier alpha value is -1.61. The first-order valence-corrected chi connectivity index (χ1v) is 8.88. The van der Waals surface area contributed by atoms with E-state index in [-0.39, 0.29) is 11.8 Å². The molecule has 22 heavy (non-hydrogen) atoms. The highest BCUT2D eigenvalue weighted by Crippen LogP contribution is 2.12. The fourth-order valence-electron chi connectivity index (χ4n) is 2.38. The Balaban J connectivity index is 1.86. The minimum Gasteiger partial charge on any atom is -0.361 e. The van der Waals surface area contributed by atoms with Gasteiger partial charge in [0.1, 0.15) is 5.76 Å². The predicted octanol–water partition coefficient (Wildman–Crippen LogP) is 0.468. The molecule has 0 unspecified atom stereocenters. The maximum Gasteiger partial charge on any atom is 0.317 e. The van der Waals surface area contributed by atoms with Gasteiger partial charge in [0.15, 0.2) is 0 Å². The number of hydrogen-bond acceptors (Lipinski definition) is 5. The second-order valence-corrected chi connectivity index (χ2v) is 7.51. The summed E-state index contributed by atoms with van der Waals surface area (Å²) in [6.45, 7) is 7.08. The zero-order valence-electron chi connectivity index (χ0n) is 13.1. The summed E-state index contributed by atoms with van der Waals surface area (Å²) in [6.07, 6.45) is 0. The molecule has 8 nitrogen and oxygen atoms in total. The lowest BCUT2D eigenvalue weighted by Crippen LogP contribution is -2.53. The van der Waals surface area contributed by atoms with E-state index in [1.165, 1.54) is 4.31 Å². The largest absolute Gasteiger partial charge is 0.361 e. The summed E-state index contributed by atoms with van der Waals surface area (Å²) < 4.78 is 30.0. The van der Waals surface area contributed by atoms with E-state index in [4.69, 9.17) is 4.52 Å². The Morgan fingerprint density at radius 3 is 2.41 bits per heavy atom. The molecule has 0 atom stereocenters. The minimum atomic E-state index is -3.18. The first kappa shape index (κ1) is 16.8.